The Morgan fingerprint density at radius 3 is 2.60 bits per heavy atom. The van der Waals surface area contributed by atoms with Gasteiger partial charge in [-0.1, -0.05) is 5.16 Å². The minimum atomic E-state index is 0.222. The van der Waals surface area contributed by atoms with Crippen molar-refractivity contribution < 1.29 is 9.32 Å². The lowest BCUT2D eigenvalue weighted by Gasteiger charge is -2.35. The maximum atomic E-state index is 12.3. The van der Waals surface area contributed by atoms with Crippen LogP contribution in [-0.4, -0.2) is 54.1 Å². The van der Waals surface area contributed by atoms with E-state index >= 15 is 0 Å². The molecule has 1 aliphatic rings. The number of carbonyl (C=O) groups is 1. The zero-order valence-corrected chi connectivity index (χ0v) is 13.0. The summed E-state index contributed by atoms with van der Waals surface area (Å²) in [5, 5.41) is 3.93. The molecule has 1 aromatic heterocycles. The largest absolute Gasteiger partial charge is 0.361 e. The molecule has 0 spiro atoms. The molecule has 5 heteroatoms. The van der Waals surface area contributed by atoms with Gasteiger partial charge in [0.05, 0.1) is 5.69 Å². The van der Waals surface area contributed by atoms with Crippen LogP contribution in [-0.2, 0) is 11.2 Å². The summed E-state index contributed by atoms with van der Waals surface area (Å²) in [6, 6.07) is 0.392. The van der Waals surface area contributed by atoms with Gasteiger partial charge in [0.1, 0.15) is 5.76 Å². The van der Waals surface area contributed by atoms with Crippen LogP contribution in [0.3, 0.4) is 0 Å². The van der Waals surface area contributed by atoms with Crippen molar-refractivity contribution in [2.45, 2.75) is 45.6 Å². The van der Waals surface area contributed by atoms with Crippen LogP contribution in [0.15, 0.2) is 4.52 Å². The van der Waals surface area contributed by atoms with Gasteiger partial charge < -0.3 is 14.3 Å². The Balaban J connectivity index is 1.85. The van der Waals surface area contributed by atoms with E-state index in [-0.39, 0.29) is 5.91 Å². The molecule has 1 fully saturated rings. The van der Waals surface area contributed by atoms with Crippen molar-refractivity contribution in [1.29, 1.82) is 0 Å². The number of rotatable bonds is 4. The minimum Gasteiger partial charge on any atom is -0.361 e. The minimum absolute atomic E-state index is 0.222. The molecule has 0 aliphatic carbocycles. The van der Waals surface area contributed by atoms with Gasteiger partial charge in [0.15, 0.2) is 0 Å². The molecular formula is C15H25N3O2. The maximum absolute atomic E-state index is 12.3. The highest BCUT2D eigenvalue weighted by atomic mass is 16.5. The maximum Gasteiger partial charge on any atom is 0.222 e. The predicted molar refractivity (Wildman–Crippen MR) is 77.6 cm³/mol. The number of aromatic nitrogens is 1. The summed E-state index contributed by atoms with van der Waals surface area (Å²) in [4.78, 5) is 16.6. The molecule has 0 radical (unpaired) electrons. The molecule has 1 aromatic rings. The molecule has 20 heavy (non-hydrogen) atoms. The van der Waals surface area contributed by atoms with Gasteiger partial charge >= 0.3 is 0 Å². The number of piperidine rings is 1. The summed E-state index contributed by atoms with van der Waals surface area (Å²) < 4.78 is 5.14. The van der Waals surface area contributed by atoms with E-state index in [0.29, 0.717) is 12.5 Å². The van der Waals surface area contributed by atoms with E-state index < -0.39 is 0 Å². The van der Waals surface area contributed by atoms with Crippen LogP contribution in [0, 0.1) is 13.8 Å². The first kappa shape index (κ1) is 15.0. The average molecular weight is 279 g/mol. The van der Waals surface area contributed by atoms with E-state index in [0.717, 1.165) is 49.4 Å². The van der Waals surface area contributed by atoms with E-state index in [1.807, 2.05) is 25.8 Å². The van der Waals surface area contributed by atoms with Crippen molar-refractivity contribution in [2.24, 2.45) is 0 Å². The van der Waals surface area contributed by atoms with E-state index in [1.54, 1.807) is 0 Å². The molecule has 112 valence electrons. The van der Waals surface area contributed by atoms with Crippen molar-refractivity contribution in [2.75, 3.05) is 27.2 Å². The summed E-state index contributed by atoms with van der Waals surface area (Å²) in [5.41, 5.74) is 1.98. The molecule has 0 N–H and O–H groups in total. The number of likely N-dealkylation sites (tertiary alicyclic amines) is 1. The Labute approximate surface area is 120 Å². The second-order valence-corrected chi connectivity index (χ2v) is 5.84. The molecule has 1 saturated heterocycles. The molecule has 0 saturated carbocycles. The first-order chi connectivity index (χ1) is 9.49. The van der Waals surface area contributed by atoms with Gasteiger partial charge in [0.25, 0.3) is 0 Å². The molecule has 0 aromatic carbocycles. The first-order valence-electron chi connectivity index (χ1n) is 7.35. The van der Waals surface area contributed by atoms with Crippen LogP contribution >= 0.6 is 0 Å². The van der Waals surface area contributed by atoms with Crippen LogP contribution < -0.4 is 0 Å². The lowest BCUT2D eigenvalue weighted by Crippen LogP contribution is -2.44. The Bertz CT molecular complexity index is 442. The lowest BCUT2D eigenvalue weighted by molar-refractivity contribution is -0.132. The number of amides is 1. The quantitative estimate of drug-likeness (QED) is 0.843. The second-order valence-electron chi connectivity index (χ2n) is 5.84. The van der Waals surface area contributed by atoms with Crippen LogP contribution in [0.25, 0.3) is 0 Å². The molecule has 0 atom stereocenters. The number of hydrogen-bond acceptors (Lipinski definition) is 4. The fourth-order valence-electron chi connectivity index (χ4n) is 2.85. The first-order valence-corrected chi connectivity index (χ1v) is 7.35. The van der Waals surface area contributed by atoms with Crippen molar-refractivity contribution in [1.82, 2.24) is 15.0 Å². The molecule has 2 heterocycles. The molecule has 1 aliphatic heterocycles. The third-order valence-corrected chi connectivity index (χ3v) is 4.40. The predicted octanol–water partition coefficient (Wildman–Crippen LogP) is 1.78. The number of hydrogen-bond donors (Lipinski definition) is 0. The smallest absolute Gasteiger partial charge is 0.222 e. The van der Waals surface area contributed by atoms with Crippen molar-refractivity contribution in [3.05, 3.63) is 17.0 Å². The highest BCUT2D eigenvalue weighted by molar-refractivity contribution is 5.76. The normalized spacial score (nSPS) is 17.4. The third-order valence-electron chi connectivity index (χ3n) is 4.40. The van der Waals surface area contributed by atoms with Gasteiger partial charge in [0.2, 0.25) is 5.91 Å². The standard InChI is InChI=1S/C15H25N3O2/c1-11-14(12(2)20-16-11)5-6-15(19)18(4)13-7-9-17(3)10-8-13/h13H,5-10H2,1-4H3. The fraction of sp³-hybridized carbons (Fsp3) is 0.733. The van der Waals surface area contributed by atoms with Crippen LogP contribution in [0.2, 0.25) is 0 Å². The Morgan fingerprint density at radius 2 is 2.05 bits per heavy atom. The van der Waals surface area contributed by atoms with Gasteiger partial charge in [-0.3, -0.25) is 4.79 Å². The summed E-state index contributed by atoms with van der Waals surface area (Å²) >= 11 is 0. The molecule has 1 amide bonds. The summed E-state index contributed by atoms with van der Waals surface area (Å²) in [6.07, 6.45) is 3.40. The Hall–Kier alpha value is -1.36. The Kier molecular flexibility index (Phi) is 4.81. The van der Waals surface area contributed by atoms with Gasteiger partial charge in [-0.2, -0.15) is 0 Å². The molecule has 0 unspecified atom stereocenters. The molecular weight excluding hydrogens is 254 g/mol. The SMILES string of the molecule is Cc1noc(C)c1CCC(=O)N(C)C1CCN(C)CC1. The summed E-state index contributed by atoms with van der Waals surface area (Å²) in [5.74, 6) is 1.05. The topological polar surface area (TPSA) is 49.6 Å². The van der Waals surface area contributed by atoms with Crippen LogP contribution in [0.1, 0.15) is 36.3 Å². The Morgan fingerprint density at radius 1 is 1.40 bits per heavy atom. The summed E-state index contributed by atoms with van der Waals surface area (Å²) in [7, 11) is 4.07. The van der Waals surface area contributed by atoms with Crippen molar-refractivity contribution in [3.63, 3.8) is 0 Å². The van der Waals surface area contributed by atoms with Gasteiger partial charge in [-0.15, -0.1) is 0 Å². The molecule has 0 bridgehead atoms. The monoisotopic (exact) mass is 279 g/mol. The third kappa shape index (κ3) is 3.39. The van der Waals surface area contributed by atoms with E-state index in [2.05, 4.69) is 17.1 Å². The second kappa shape index (κ2) is 6.39. The van der Waals surface area contributed by atoms with Crippen molar-refractivity contribution >= 4 is 5.91 Å². The highest BCUT2D eigenvalue weighted by Gasteiger charge is 2.24. The molecule has 2 rings (SSSR count). The van der Waals surface area contributed by atoms with Gasteiger partial charge in [-0.05, 0) is 53.2 Å². The zero-order chi connectivity index (χ0) is 14.7. The number of carbonyl (C=O) groups excluding carboxylic acids is 1. The van der Waals surface area contributed by atoms with Gasteiger partial charge in [0, 0.05) is 25.1 Å². The number of nitrogens with zero attached hydrogens (tertiary/aromatic N) is 3. The highest BCUT2D eigenvalue weighted by Crippen LogP contribution is 2.18. The van der Waals surface area contributed by atoms with Gasteiger partial charge in [-0.25, -0.2) is 0 Å². The lowest BCUT2D eigenvalue weighted by atomic mass is 10.0. The zero-order valence-electron chi connectivity index (χ0n) is 13.0. The van der Waals surface area contributed by atoms with Crippen LogP contribution in [0.4, 0.5) is 0 Å². The van der Waals surface area contributed by atoms with E-state index in [4.69, 9.17) is 4.52 Å². The van der Waals surface area contributed by atoms with Crippen molar-refractivity contribution in [3.8, 4) is 0 Å². The number of aryl methyl sites for hydroxylation is 2. The average Bonchev–Trinajstić information content (AvgIpc) is 2.75. The van der Waals surface area contributed by atoms with Crippen LogP contribution in [0.5, 0.6) is 0 Å². The molecule has 5 nitrogen and oxygen atoms in total. The fourth-order valence-corrected chi connectivity index (χ4v) is 2.85. The van der Waals surface area contributed by atoms with E-state index in [1.165, 1.54) is 0 Å². The summed E-state index contributed by atoms with van der Waals surface area (Å²) in [6.45, 7) is 5.98. The van der Waals surface area contributed by atoms with E-state index in [9.17, 15) is 4.79 Å².